The number of phenols is 1. The zero-order chi connectivity index (χ0) is 49.7. The molecule has 5 atom stereocenters. The van der Waals surface area contributed by atoms with Gasteiger partial charge in [0.05, 0.1) is 11.2 Å². The van der Waals surface area contributed by atoms with Crippen molar-refractivity contribution in [2.45, 2.75) is 137 Å². The Hall–Kier alpha value is -6.09. The van der Waals surface area contributed by atoms with Gasteiger partial charge in [0.2, 0.25) is 11.8 Å². The third-order valence-corrected chi connectivity index (χ3v) is 15.3. The first kappa shape index (κ1) is 48.0. The number of nitrogens with zero attached hydrogens (tertiary/aromatic N) is 2. The van der Waals surface area contributed by atoms with Crippen molar-refractivity contribution in [3.8, 4) is 17.2 Å². The van der Waals surface area contributed by atoms with Gasteiger partial charge in [-0.2, -0.15) is 0 Å². The van der Waals surface area contributed by atoms with E-state index in [0.29, 0.717) is 58.9 Å². The van der Waals surface area contributed by atoms with E-state index in [1.807, 2.05) is 73.6 Å². The Morgan fingerprint density at radius 2 is 1.70 bits per heavy atom. The average Bonchev–Trinajstić information content (AvgIpc) is 3.87. The predicted octanol–water partition coefficient (Wildman–Crippen LogP) is 8.89. The van der Waals surface area contributed by atoms with Crippen LogP contribution in [0.1, 0.15) is 132 Å². The van der Waals surface area contributed by atoms with Crippen molar-refractivity contribution in [2.24, 2.45) is 11.8 Å². The van der Waals surface area contributed by atoms with E-state index >= 15 is 13.4 Å². The third-order valence-electron chi connectivity index (χ3n) is 15.3. The number of allylic oxidation sites excluding steroid dienone is 7. The van der Waals surface area contributed by atoms with Crippen molar-refractivity contribution in [3.05, 3.63) is 110 Å². The molecule has 0 radical (unpaired) electrons. The maximum Gasteiger partial charge on any atom is 0.737 e. The number of aromatic nitrogens is 1. The summed E-state index contributed by atoms with van der Waals surface area (Å²) in [6.45, 7) is 15.0. The standard InChI is InChI=1S/C54H63BF2N4O8/c1-30(2)12-11-21-52(10)22-20-38-45(63)44-46(64)40-27-35-28-42-51(8,9)69-53(49(35)65,54(40,42)68-48(44)39(47(38)67-52)17-13-31(3)4)23-19-32(5)50(66)59-25-24-58-43(62)18-16-36-14-15-37-29-41-33(6)26-34(7)60(41)55(56,57)61(36)37/h12-15,19-20,22,26-27,29,35,42,63H,11,16-18,21,23-25,28H2,1-10H3,(H,58,62)(H,59,66)/b32-19-/t35-,42+,52-,53+,54-/m1/s1. The summed E-state index contributed by atoms with van der Waals surface area (Å²) in [5, 5.41) is 17.6. The fourth-order valence-electron chi connectivity index (χ4n) is 11.9. The van der Waals surface area contributed by atoms with Crippen molar-refractivity contribution in [2.75, 3.05) is 13.1 Å². The number of benzene rings is 1. The number of amides is 2. The molecule has 69 heavy (non-hydrogen) atoms. The number of ether oxygens (including phenoxy) is 3. The normalized spacial score (nSPS) is 27.0. The Bertz CT molecular complexity index is 2900. The number of ketones is 2. The summed E-state index contributed by atoms with van der Waals surface area (Å²) in [4.78, 5) is 56.4. The summed E-state index contributed by atoms with van der Waals surface area (Å²) in [6.07, 6.45) is 18.5. The molecule has 3 N–H and O–H groups in total. The number of Topliss-reactive ketones (excluding diaryl/α,β-unsaturated/α-hetero) is 2. The zero-order valence-corrected chi connectivity index (χ0v) is 41.3. The molecule has 1 spiro atoms. The van der Waals surface area contributed by atoms with Crippen LogP contribution in [-0.2, 0) is 25.5 Å². The molecule has 8 aliphatic rings. The molecule has 0 unspecified atom stereocenters. The molecule has 12 nitrogen and oxygen atoms in total. The number of nitrogens with one attached hydrogen (secondary N) is 2. The largest absolute Gasteiger partial charge is 0.737 e. The smallest absolute Gasteiger partial charge is 0.506 e. The van der Waals surface area contributed by atoms with Crippen LogP contribution in [0.3, 0.4) is 0 Å². The molecule has 1 saturated carbocycles. The van der Waals surface area contributed by atoms with Gasteiger partial charge in [0.25, 0.3) is 0 Å². The summed E-state index contributed by atoms with van der Waals surface area (Å²) < 4.78 is 54.9. The molecule has 2 amide bonds. The Morgan fingerprint density at radius 3 is 2.42 bits per heavy atom. The van der Waals surface area contributed by atoms with E-state index < -0.39 is 52.9 Å². The molecule has 2 aromatic rings. The zero-order valence-electron chi connectivity index (χ0n) is 41.3. The van der Waals surface area contributed by atoms with Crippen molar-refractivity contribution in [3.63, 3.8) is 0 Å². The minimum absolute atomic E-state index is 0.0283. The van der Waals surface area contributed by atoms with Gasteiger partial charge in [-0.05, 0) is 124 Å². The highest BCUT2D eigenvalue weighted by Crippen LogP contribution is 2.68. The maximum absolute atomic E-state index is 15.9. The molecule has 2 fully saturated rings. The second-order valence-corrected chi connectivity index (χ2v) is 21.1. The lowest BCUT2D eigenvalue weighted by Crippen LogP contribution is -2.72. The van der Waals surface area contributed by atoms with Gasteiger partial charge in [-0.1, -0.05) is 35.5 Å². The molecule has 15 heteroatoms. The molecular weight excluding hydrogens is 881 g/mol. The fraction of sp³-hybridized carbons (Fsp3) is 0.463. The van der Waals surface area contributed by atoms with Crippen LogP contribution in [-0.4, -0.2) is 85.6 Å². The lowest BCUT2D eigenvalue weighted by molar-refractivity contribution is -0.362. The Kier molecular flexibility index (Phi) is 11.7. The minimum Gasteiger partial charge on any atom is -0.506 e. The Morgan fingerprint density at radius 1 is 0.971 bits per heavy atom. The van der Waals surface area contributed by atoms with Crippen LogP contribution in [0.5, 0.6) is 17.2 Å². The van der Waals surface area contributed by atoms with E-state index in [1.54, 1.807) is 50.3 Å². The molecule has 1 saturated heterocycles. The highest BCUT2D eigenvalue weighted by molar-refractivity contribution is 6.58. The van der Waals surface area contributed by atoms with E-state index in [0.717, 1.165) is 26.5 Å². The second kappa shape index (κ2) is 16.8. The van der Waals surface area contributed by atoms with Crippen LogP contribution in [0.25, 0.3) is 12.2 Å². The van der Waals surface area contributed by atoms with Crippen LogP contribution in [0, 0.1) is 25.7 Å². The Balaban J connectivity index is 0.929. The monoisotopic (exact) mass is 944 g/mol. The van der Waals surface area contributed by atoms with Crippen molar-refractivity contribution < 1.29 is 51.6 Å². The van der Waals surface area contributed by atoms with Gasteiger partial charge in [-0.25, -0.2) is 0 Å². The lowest BCUT2D eigenvalue weighted by Gasteiger charge is -2.56. The van der Waals surface area contributed by atoms with Gasteiger partial charge in [0.15, 0.2) is 28.5 Å². The highest BCUT2D eigenvalue weighted by atomic mass is 19.2. The first-order valence-corrected chi connectivity index (χ1v) is 24.2. The van der Waals surface area contributed by atoms with Gasteiger partial charge in [-0.15, -0.1) is 0 Å². The number of phenolic OH excluding ortho intramolecular Hbond substituents is 1. The number of halogens is 2. The summed E-state index contributed by atoms with van der Waals surface area (Å²) in [6, 6.07) is 1.74. The SMILES string of the molecule is CC(C)=CCC[C@]1(C)C=Cc2c(O)c3c(c(CC=C(C)C)c2O1)O[C@]12C(=C[C@@H]4C[C@H]1C(C)(C)O[C@@]2(C/C=C(/C)C(=O)NCCNC(=O)CCC1=[N+]2C(=Cc5c(C)cc(C)n5[B-]2(F)F)C=C1)C4=O)C3=O. The van der Waals surface area contributed by atoms with Gasteiger partial charge in [0, 0.05) is 84.8 Å². The quantitative estimate of drug-likeness (QED) is 0.0737. The summed E-state index contributed by atoms with van der Waals surface area (Å²) in [7, 11) is 0. The van der Waals surface area contributed by atoms with E-state index in [2.05, 4.69) is 16.7 Å². The first-order valence-electron chi connectivity index (χ1n) is 24.2. The number of aryl methyl sites for hydroxylation is 2. The van der Waals surface area contributed by atoms with E-state index in [9.17, 15) is 19.5 Å². The van der Waals surface area contributed by atoms with Crippen LogP contribution in [0.4, 0.5) is 8.63 Å². The summed E-state index contributed by atoms with van der Waals surface area (Å²) in [5.74, 6) is -2.19. The molecule has 1 aromatic heterocycles. The van der Waals surface area contributed by atoms with E-state index in [1.165, 1.54) is 5.57 Å². The highest BCUT2D eigenvalue weighted by Gasteiger charge is 2.81. The minimum atomic E-state index is -4.14. The molecular formula is C54H63BF2N4O8. The maximum atomic E-state index is 15.9. The molecule has 364 valence electrons. The number of rotatable bonds is 14. The van der Waals surface area contributed by atoms with Crippen molar-refractivity contribution >= 4 is 48.2 Å². The van der Waals surface area contributed by atoms with E-state index in [4.69, 9.17) is 14.2 Å². The topological polar surface area (TPSA) is 148 Å². The fourth-order valence-corrected chi connectivity index (χ4v) is 11.9. The van der Waals surface area contributed by atoms with Gasteiger partial charge in [0.1, 0.15) is 34.1 Å². The van der Waals surface area contributed by atoms with Gasteiger partial charge in [-0.3, -0.25) is 19.2 Å². The molecule has 1 aromatic carbocycles. The van der Waals surface area contributed by atoms with E-state index in [-0.39, 0.29) is 72.3 Å². The summed E-state index contributed by atoms with van der Waals surface area (Å²) in [5.41, 5.74) is 1.35. The summed E-state index contributed by atoms with van der Waals surface area (Å²) >= 11 is 0. The third kappa shape index (κ3) is 7.52. The lowest BCUT2D eigenvalue weighted by atomic mass is 9.51. The number of carbonyl (C=O) groups excluding carboxylic acids is 4. The Labute approximate surface area is 402 Å². The molecule has 5 aliphatic heterocycles. The van der Waals surface area contributed by atoms with Crippen molar-refractivity contribution in [1.29, 1.82) is 0 Å². The van der Waals surface area contributed by atoms with Crippen LogP contribution < -0.4 is 20.1 Å². The molecule has 3 aliphatic carbocycles. The second-order valence-electron chi connectivity index (χ2n) is 21.1. The van der Waals surface area contributed by atoms with Gasteiger partial charge >= 0.3 is 6.97 Å². The van der Waals surface area contributed by atoms with Crippen molar-refractivity contribution in [1.82, 2.24) is 15.1 Å². The molecule has 10 rings (SSSR count). The predicted molar refractivity (Wildman–Crippen MR) is 262 cm³/mol. The van der Waals surface area contributed by atoms with Gasteiger partial charge < -0.3 is 47.5 Å². The number of hydrogen-bond donors (Lipinski definition) is 3. The molecule has 6 heterocycles. The van der Waals surface area contributed by atoms with Crippen LogP contribution >= 0.6 is 0 Å². The number of fused-ring (bicyclic) bond motifs is 4. The first-order chi connectivity index (χ1) is 32.5. The molecule has 4 bridgehead atoms. The average molecular weight is 945 g/mol. The van der Waals surface area contributed by atoms with Crippen LogP contribution in [0.15, 0.2) is 76.6 Å². The van der Waals surface area contributed by atoms with Crippen LogP contribution in [0.2, 0.25) is 0 Å². The number of aromatic hydroxyl groups is 1. The number of hydrogen-bond acceptors (Lipinski definition) is 8. The number of carbonyl (C=O) groups is 4.